The number of aromatic nitrogens is 2. The molecule has 6 nitrogen and oxygen atoms in total. The van der Waals surface area contributed by atoms with Crippen LogP contribution in [0.1, 0.15) is 22.5 Å². The summed E-state index contributed by atoms with van der Waals surface area (Å²) in [6.45, 7) is 2.48. The standard InChI is InChI=1S/C11H19N3O3/c1-8-10(6-14(2)13-8)11(16)12-5-4-9(15)7-17-3/h6,9,15H,4-5,7H2,1-3H3,(H,12,16). The summed E-state index contributed by atoms with van der Waals surface area (Å²) in [5, 5.41) is 16.2. The highest BCUT2D eigenvalue weighted by molar-refractivity contribution is 5.94. The highest BCUT2D eigenvalue weighted by Gasteiger charge is 2.12. The lowest BCUT2D eigenvalue weighted by molar-refractivity contribution is 0.0587. The Balaban J connectivity index is 2.37. The van der Waals surface area contributed by atoms with Crippen molar-refractivity contribution >= 4 is 5.91 Å². The van der Waals surface area contributed by atoms with Gasteiger partial charge in [-0.2, -0.15) is 5.10 Å². The van der Waals surface area contributed by atoms with E-state index < -0.39 is 6.10 Å². The van der Waals surface area contributed by atoms with Gasteiger partial charge in [0.1, 0.15) is 0 Å². The number of carbonyl (C=O) groups excluding carboxylic acids is 1. The van der Waals surface area contributed by atoms with Crippen molar-refractivity contribution in [2.45, 2.75) is 19.4 Å². The van der Waals surface area contributed by atoms with Crippen LogP contribution in [0.5, 0.6) is 0 Å². The number of hydrogen-bond donors (Lipinski definition) is 2. The molecule has 1 rings (SSSR count). The maximum atomic E-state index is 11.7. The van der Waals surface area contributed by atoms with Crippen molar-refractivity contribution in [3.63, 3.8) is 0 Å². The Morgan fingerprint density at radius 2 is 2.41 bits per heavy atom. The Labute approximate surface area is 101 Å². The van der Waals surface area contributed by atoms with E-state index in [0.717, 1.165) is 0 Å². The fraction of sp³-hybridized carbons (Fsp3) is 0.636. The number of hydrogen-bond acceptors (Lipinski definition) is 4. The number of methoxy groups -OCH3 is 1. The SMILES string of the molecule is COCC(O)CCNC(=O)c1cn(C)nc1C. The number of ether oxygens (including phenoxy) is 1. The number of aliphatic hydroxyl groups excluding tert-OH is 1. The lowest BCUT2D eigenvalue weighted by Gasteiger charge is -2.09. The predicted octanol–water partition coefficient (Wildman–Crippen LogP) is -0.144. The van der Waals surface area contributed by atoms with Crippen LogP contribution in [-0.4, -0.2) is 47.2 Å². The maximum Gasteiger partial charge on any atom is 0.254 e. The van der Waals surface area contributed by atoms with E-state index in [1.165, 1.54) is 7.11 Å². The molecule has 0 saturated carbocycles. The van der Waals surface area contributed by atoms with E-state index >= 15 is 0 Å². The fourth-order valence-corrected chi connectivity index (χ4v) is 1.55. The summed E-state index contributed by atoms with van der Waals surface area (Å²) >= 11 is 0. The molecular formula is C11H19N3O3. The Kier molecular flexibility index (Phi) is 5.11. The molecule has 1 amide bonds. The molecule has 0 bridgehead atoms. The molecule has 1 heterocycles. The monoisotopic (exact) mass is 241 g/mol. The van der Waals surface area contributed by atoms with Crippen molar-refractivity contribution in [1.82, 2.24) is 15.1 Å². The van der Waals surface area contributed by atoms with Gasteiger partial charge in [0.25, 0.3) is 5.91 Å². The van der Waals surface area contributed by atoms with Crippen molar-refractivity contribution in [2.75, 3.05) is 20.3 Å². The molecule has 1 aromatic rings. The van der Waals surface area contributed by atoms with Crippen LogP contribution in [0, 0.1) is 6.92 Å². The summed E-state index contributed by atoms with van der Waals surface area (Å²) in [6.07, 6.45) is 1.60. The van der Waals surface area contributed by atoms with Crippen LogP contribution in [-0.2, 0) is 11.8 Å². The molecule has 0 saturated heterocycles. The van der Waals surface area contributed by atoms with Crippen LogP contribution in [0.25, 0.3) is 0 Å². The number of aliphatic hydroxyl groups is 1. The van der Waals surface area contributed by atoms with Gasteiger partial charge in [0.05, 0.1) is 24.0 Å². The Morgan fingerprint density at radius 1 is 1.71 bits per heavy atom. The molecule has 0 aliphatic carbocycles. The van der Waals surface area contributed by atoms with Gasteiger partial charge < -0.3 is 15.2 Å². The number of nitrogens with one attached hydrogen (secondary N) is 1. The minimum absolute atomic E-state index is 0.166. The van der Waals surface area contributed by atoms with Crippen LogP contribution in [0.3, 0.4) is 0 Å². The van der Waals surface area contributed by atoms with Gasteiger partial charge in [0.15, 0.2) is 0 Å². The van der Waals surface area contributed by atoms with Crippen molar-refractivity contribution in [1.29, 1.82) is 0 Å². The van der Waals surface area contributed by atoms with Gasteiger partial charge in [-0.3, -0.25) is 9.48 Å². The summed E-state index contributed by atoms with van der Waals surface area (Å²) in [5.41, 5.74) is 1.26. The molecule has 0 radical (unpaired) electrons. The lowest BCUT2D eigenvalue weighted by atomic mass is 10.2. The van der Waals surface area contributed by atoms with E-state index in [1.54, 1.807) is 24.9 Å². The molecule has 6 heteroatoms. The van der Waals surface area contributed by atoms with Crippen LogP contribution < -0.4 is 5.32 Å². The van der Waals surface area contributed by atoms with Crippen molar-refractivity contribution in [3.8, 4) is 0 Å². The molecule has 1 unspecified atom stereocenters. The smallest absolute Gasteiger partial charge is 0.254 e. The molecule has 1 aromatic heterocycles. The third kappa shape index (κ3) is 4.16. The first kappa shape index (κ1) is 13.7. The van der Waals surface area contributed by atoms with E-state index in [0.29, 0.717) is 24.2 Å². The summed E-state index contributed by atoms with van der Waals surface area (Å²) in [5.74, 6) is -0.166. The molecule has 0 aliphatic heterocycles. The molecule has 0 fully saturated rings. The van der Waals surface area contributed by atoms with Crippen LogP contribution in [0.15, 0.2) is 6.20 Å². The maximum absolute atomic E-state index is 11.7. The minimum atomic E-state index is -0.546. The average Bonchev–Trinajstić information content (AvgIpc) is 2.58. The number of nitrogens with zero attached hydrogens (tertiary/aromatic N) is 2. The van der Waals surface area contributed by atoms with E-state index in [9.17, 15) is 9.90 Å². The second-order valence-corrected chi connectivity index (χ2v) is 3.96. The lowest BCUT2D eigenvalue weighted by Crippen LogP contribution is -2.28. The highest BCUT2D eigenvalue weighted by atomic mass is 16.5. The second-order valence-electron chi connectivity index (χ2n) is 3.96. The van der Waals surface area contributed by atoms with Crippen LogP contribution in [0.2, 0.25) is 0 Å². The number of amides is 1. The van der Waals surface area contributed by atoms with Gasteiger partial charge in [-0.25, -0.2) is 0 Å². The third-order valence-corrected chi connectivity index (χ3v) is 2.38. The Hall–Kier alpha value is -1.40. The first-order valence-electron chi connectivity index (χ1n) is 5.50. The largest absolute Gasteiger partial charge is 0.391 e. The highest BCUT2D eigenvalue weighted by Crippen LogP contribution is 2.04. The van der Waals surface area contributed by atoms with Gasteiger partial charge in [0.2, 0.25) is 0 Å². The number of carbonyl (C=O) groups is 1. The Bertz CT molecular complexity index is 376. The van der Waals surface area contributed by atoms with Gasteiger partial charge in [0, 0.05) is 26.9 Å². The van der Waals surface area contributed by atoms with E-state index in [1.807, 2.05) is 0 Å². The predicted molar refractivity (Wildman–Crippen MR) is 62.8 cm³/mol. The minimum Gasteiger partial charge on any atom is -0.391 e. The zero-order chi connectivity index (χ0) is 12.8. The normalized spacial score (nSPS) is 12.5. The molecule has 0 aliphatic rings. The number of rotatable bonds is 6. The van der Waals surface area contributed by atoms with Gasteiger partial charge in [-0.1, -0.05) is 0 Å². The topological polar surface area (TPSA) is 76.4 Å². The van der Waals surface area contributed by atoms with Crippen molar-refractivity contribution in [2.24, 2.45) is 7.05 Å². The first-order chi connectivity index (χ1) is 8.04. The molecule has 17 heavy (non-hydrogen) atoms. The summed E-state index contributed by atoms with van der Waals surface area (Å²) in [6, 6.07) is 0. The molecule has 0 spiro atoms. The van der Waals surface area contributed by atoms with Crippen LogP contribution >= 0.6 is 0 Å². The van der Waals surface area contributed by atoms with E-state index in [4.69, 9.17) is 4.74 Å². The van der Waals surface area contributed by atoms with Crippen molar-refractivity contribution in [3.05, 3.63) is 17.5 Å². The van der Waals surface area contributed by atoms with Gasteiger partial charge in [-0.05, 0) is 13.3 Å². The molecular weight excluding hydrogens is 222 g/mol. The van der Waals surface area contributed by atoms with Crippen LogP contribution in [0.4, 0.5) is 0 Å². The molecule has 1 atom stereocenters. The molecule has 0 aromatic carbocycles. The van der Waals surface area contributed by atoms with Gasteiger partial charge >= 0.3 is 0 Å². The second kappa shape index (κ2) is 6.36. The summed E-state index contributed by atoms with van der Waals surface area (Å²) in [4.78, 5) is 11.7. The first-order valence-corrected chi connectivity index (χ1v) is 5.50. The average molecular weight is 241 g/mol. The molecule has 2 N–H and O–H groups in total. The van der Waals surface area contributed by atoms with Crippen molar-refractivity contribution < 1.29 is 14.6 Å². The molecule has 96 valence electrons. The quantitative estimate of drug-likeness (QED) is 0.726. The van der Waals surface area contributed by atoms with E-state index in [2.05, 4.69) is 10.4 Å². The fourth-order valence-electron chi connectivity index (χ4n) is 1.55. The summed E-state index contributed by atoms with van der Waals surface area (Å²) in [7, 11) is 3.30. The Morgan fingerprint density at radius 3 is 2.94 bits per heavy atom. The zero-order valence-corrected chi connectivity index (χ0v) is 10.4. The zero-order valence-electron chi connectivity index (χ0n) is 10.4. The summed E-state index contributed by atoms with van der Waals surface area (Å²) < 4.78 is 6.39. The van der Waals surface area contributed by atoms with Gasteiger partial charge in [-0.15, -0.1) is 0 Å². The number of aryl methyl sites for hydroxylation is 2. The third-order valence-electron chi connectivity index (χ3n) is 2.38. The van der Waals surface area contributed by atoms with E-state index in [-0.39, 0.29) is 12.5 Å².